The zero-order valence-electron chi connectivity index (χ0n) is 14.5. The van der Waals surface area contributed by atoms with Gasteiger partial charge in [0.25, 0.3) is 0 Å². The van der Waals surface area contributed by atoms with Crippen LogP contribution in [0, 0.1) is 0 Å². The van der Waals surface area contributed by atoms with Gasteiger partial charge < -0.3 is 14.2 Å². The first-order valence-corrected chi connectivity index (χ1v) is 9.16. The third-order valence-electron chi connectivity index (χ3n) is 4.01. The summed E-state index contributed by atoms with van der Waals surface area (Å²) in [5.74, 6) is 2.40. The van der Waals surface area contributed by atoms with Crippen molar-refractivity contribution in [3.8, 4) is 17.2 Å². The lowest BCUT2D eigenvalue weighted by molar-refractivity contribution is 0.102. The predicted molar refractivity (Wildman–Crippen MR) is 97.5 cm³/mol. The molecule has 0 saturated carbocycles. The fraction of sp³-hybridized carbons (Fsp3) is 0.222. The lowest BCUT2D eigenvalue weighted by Crippen LogP contribution is -2.07. The summed E-state index contributed by atoms with van der Waals surface area (Å²) >= 11 is 1.30. The third-order valence-corrected chi connectivity index (χ3v) is 4.97. The molecule has 3 aromatic rings. The van der Waals surface area contributed by atoms with Crippen molar-refractivity contribution >= 4 is 17.5 Å². The second-order valence-electron chi connectivity index (χ2n) is 5.75. The van der Waals surface area contributed by atoms with E-state index in [4.69, 9.17) is 14.2 Å². The highest BCUT2D eigenvalue weighted by molar-refractivity contribution is 7.99. The third kappa shape index (κ3) is 3.87. The summed E-state index contributed by atoms with van der Waals surface area (Å²) in [7, 11) is 1.59. The van der Waals surface area contributed by atoms with Crippen LogP contribution < -0.4 is 14.2 Å². The van der Waals surface area contributed by atoms with Gasteiger partial charge in [-0.3, -0.25) is 4.79 Å². The predicted octanol–water partition coefficient (Wildman–Crippen LogP) is 2.43. The quantitative estimate of drug-likeness (QED) is 0.453. The van der Waals surface area contributed by atoms with Crippen molar-refractivity contribution in [2.45, 2.75) is 11.7 Å². The van der Waals surface area contributed by atoms with Crippen LogP contribution in [-0.2, 0) is 6.54 Å². The number of hydrogen-bond donors (Lipinski definition) is 0. The highest BCUT2D eigenvalue weighted by Gasteiger charge is 2.16. The van der Waals surface area contributed by atoms with Crippen LogP contribution in [0.5, 0.6) is 17.2 Å². The average Bonchev–Trinajstić information content (AvgIpc) is 3.35. The molecule has 0 spiro atoms. The van der Waals surface area contributed by atoms with Crippen molar-refractivity contribution in [1.29, 1.82) is 0 Å². The minimum absolute atomic E-state index is 0.000262. The molecule has 0 bridgehead atoms. The Labute approximate surface area is 159 Å². The SMILES string of the molecule is COc1ccc(C(=O)CSc2nnnn2Cc2ccc3c(c2)OCO3)cc1. The average molecular weight is 384 g/mol. The molecule has 1 aliphatic rings. The van der Waals surface area contributed by atoms with Gasteiger partial charge in [-0.05, 0) is 52.4 Å². The molecule has 0 fully saturated rings. The first kappa shape index (κ1) is 17.3. The van der Waals surface area contributed by atoms with E-state index < -0.39 is 0 Å². The minimum Gasteiger partial charge on any atom is -0.497 e. The molecule has 0 saturated heterocycles. The number of fused-ring (bicyclic) bond motifs is 1. The number of carbonyl (C=O) groups excluding carboxylic acids is 1. The van der Waals surface area contributed by atoms with Crippen molar-refractivity contribution < 1.29 is 19.0 Å². The molecule has 8 nitrogen and oxygen atoms in total. The van der Waals surface area contributed by atoms with E-state index in [9.17, 15) is 4.79 Å². The first-order valence-electron chi connectivity index (χ1n) is 8.17. The van der Waals surface area contributed by atoms with Gasteiger partial charge in [-0.2, -0.15) is 0 Å². The van der Waals surface area contributed by atoms with Crippen LogP contribution in [0.1, 0.15) is 15.9 Å². The topological polar surface area (TPSA) is 88.4 Å². The summed E-state index contributed by atoms with van der Waals surface area (Å²) in [5.41, 5.74) is 1.60. The van der Waals surface area contributed by atoms with E-state index >= 15 is 0 Å². The maximum absolute atomic E-state index is 12.4. The van der Waals surface area contributed by atoms with Crippen molar-refractivity contribution in [2.24, 2.45) is 0 Å². The van der Waals surface area contributed by atoms with Crippen LogP contribution >= 0.6 is 11.8 Å². The van der Waals surface area contributed by atoms with Gasteiger partial charge in [0, 0.05) is 5.56 Å². The van der Waals surface area contributed by atoms with E-state index in [1.54, 1.807) is 36.1 Å². The van der Waals surface area contributed by atoms with Crippen LogP contribution in [0.25, 0.3) is 0 Å². The molecule has 0 N–H and O–H groups in total. The lowest BCUT2D eigenvalue weighted by Gasteiger charge is -2.06. The van der Waals surface area contributed by atoms with E-state index in [1.807, 2.05) is 18.2 Å². The second-order valence-corrected chi connectivity index (χ2v) is 6.69. The zero-order valence-corrected chi connectivity index (χ0v) is 15.3. The summed E-state index contributed by atoms with van der Waals surface area (Å²) in [5, 5.41) is 12.3. The Bertz CT molecular complexity index is 958. The molecule has 138 valence electrons. The molecule has 0 aliphatic carbocycles. The van der Waals surface area contributed by atoms with Gasteiger partial charge in [0.15, 0.2) is 17.3 Å². The maximum Gasteiger partial charge on any atom is 0.231 e. The molecule has 27 heavy (non-hydrogen) atoms. The smallest absolute Gasteiger partial charge is 0.231 e. The van der Waals surface area contributed by atoms with Crippen LogP contribution in [0.15, 0.2) is 47.6 Å². The number of thioether (sulfide) groups is 1. The maximum atomic E-state index is 12.4. The molecule has 9 heteroatoms. The molecular weight excluding hydrogens is 368 g/mol. The number of hydrogen-bond acceptors (Lipinski definition) is 8. The molecule has 1 aliphatic heterocycles. The highest BCUT2D eigenvalue weighted by Crippen LogP contribution is 2.32. The van der Waals surface area contributed by atoms with Gasteiger partial charge in [0.2, 0.25) is 11.9 Å². The Morgan fingerprint density at radius 3 is 2.81 bits per heavy atom. The number of carbonyl (C=O) groups is 1. The molecule has 2 heterocycles. The number of rotatable bonds is 7. The van der Waals surface area contributed by atoms with Gasteiger partial charge in [0.05, 0.1) is 19.4 Å². The number of methoxy groups -OCH3 is 1. The van der Waals surface area contributed by atoms with Crippen molar-refractivity contribution in [1.82, 2.24) is 20.2 Å². The van der Waals surface area contributed by atoms with Gasteiger partial charge in [-0.15, -0.1) is 5.10 Å². The summed E-state index contributed by atoms with van der Waals surface area (Å²) in [6.45, 7) is 0.709. The van der Waals surface area contributed by atoms with Crippen LogP contribution in [0.3, 0.4) is 0 Å². The minimum atomic E-state index is 0.000262. The number of aromatic nitrogens is 4. The lowest BCUT2D eigenvalue weighted by atomic mass is 10.1. The number of nitrogens with zero attached hydrogens (tertiary/aromatic N) is 4. The summed E-state index contributed by atoms with van der Waals surface area (Å²) < 4.78 is 17.5. The number of benzene rings is 2. The molecular formula is C18H16N4O4S. The summed E-state index contributed by atoms with van der Waals surface area (Å²) in [6, 6.07) is 12.7. The zero-order chi connectivity index (χ0) is 18.6. The van der Waals surface area contributed by atoms with Crippen LogP contribution in [-0.4, -0.2) is 45.6 Å². The summed E-state index contributed by atoms with van der Waals surface area (Å²) in [4.78, 5) is 12.4. The van der Waals surface area contributed by atoms with Gasteiger partial charge in [-0.1, -0.05) is 17.8 Å². The van der Waals surface area contributed by atoms with Crippen LogP contribution in [0.4, 0.5) is 0 Å². The Hall–Kier alpha value is -3.07. The molecule has 0 unspecified atom stereocenters. The normalized spacial score (nSPS) is 12.2. The highest BCUT2D eigenvalue weighted by atomic mass is 32.2. The molecule has 0 amide bonds. The molecule has 2 aromatic carbocycles. The Balaban J connectivity index is 1.40. The largest absolute Gasteiger partial charge is 0.497 e. The van der Waals surface area contributed by atoms with E-state index in [1.165, 1.54) is 11.8 Å². The number of Topliss-reactive ketones (excluding diaryl/α,β-unsaturated/α-hetero) is 1. The summed E-state index contributed by atoms with van der Waals surface area (Å²) in [6.07, 6.45) is 0. The molecule has 4 rings (SSSR count). The Kier molecular flexibility index (Phi) is 4.93. The molecule has 1 aromatic heterocycles. The Morgan fingerprint density at radius 2 is 2.00 bits per heavy atom. The van der Waals surface area contributed by atoms with E-state index in [-0.39, 0.29) is 18.3 Å². The van der Waals surface area contributed by atoms with E-state index in [0.29, 0.717) is 28.8 Å². The molecule has 0 radical (unpaired) electrons. The van der Waals surface area contributed by atoms with Crippen molar-refractivity contribution in [3.63, 3.8) is 0 Å². The van der Waals surface area contributed by atoms with E-state index in [2.05, 4.69) is 15.5 Å². The second kappa shape index (κ2) is 7.67. The number of tetrazole rings is 1. The monoisotopic (exact) mass is 384 g/mol. The van der Waals surface area contributed by atoms with Gasteiger partial charge in [-0.25, -0.2) is 4.68 Å². The number of ether oxygens (including phenoxy) is 3. The van der Waals surface area contributed by atoms with Crippen LogP contribution in [0.2, 0.25) is 0 Å². The van der Waals surface area contributed by atoms with Gasteiger partial charge >= 0.3 is 0 Å². The fourth-order valence-electron chi connectivity index (χ4n) is 2.60. The Morgan fingerprint density at radius 1 is 1.19 bits per heavy atom. The van der Waals surface area contributed by atoms with Gasteiger partial charge in [0.1, 0.15) is 5.75 Å². The van der Waals surface area contributed by atoms with Crippen molar-refractivity contribution in [3.05, 3.63) is 53.6 Å². The molecule has 0 atom stereocenters. The first-order chi connectivity index (χ1) is 13.2. The standard InChI is InChI=1S/C18H16N4O4S/c1-24-14-5-3-13(4-6-14)15(23)10-27-18-19-20-21-22(18)9-12-2-7-16-17(8-12)26-11-25-16/h2-8H,9-11H2,1H3. The van der Waals surface area contributed by atoms with E-state index in [0.717, 1.165) is 11.3 Å². The van der Waals surface area contributed by atoms with Crippen molar-refractivity contribution in [2.75, 3.05) is 19.7 Å². The number of ketones is 1. The fourth-order valence-corrected chi connectivity index (χ4v) is 3.37.